The normalized spacial score (nSPS) is 13.0. The molecule has 1 radical (unpaired) electrons. The number of aromatic nitrogens is 1. The van der Waals surface area contributed by atoms with Crippen molar-refractivity contribution in [2.45, 2.75) is 25.7 Å². The molecule has 0 spiro atoms. The quantitative estimate of drug-likeness (QED) is 0.594. The van der Waals surface area contributed by atoms with Crippen molar-refractivity contribution in [1.82, 2.24) is 4.98 Å². The van der Waals surface area contributed by atoms with E-state index in [0.717, 1.165) is 12.1 Å². The van der Waals surface area contributed by atoms with Crippen LogP contribution in [-0.4, -0.2) is 4.98 Å². The summed E-state index contributed by atoms with van der Waals surface area (Å²) >= 11 is 0. The number of benzene rings is 1. The van der Waals surface area contributed by atoms with Gasteiger partial charge in [0.25, 0.3) is 0 Å². The Morgan fingerprint density at radius 2 is 1.61 bits per heavy atom. The molecule has 1 heterocycles. The molecule has 0 N–H and O–H groups in total. The molecule has 0 amide bonds. The summed E-state index contributed by atoms with van der Waals surface area (Å²) in [5.41, 5.74) is 4.76. The second kappa shape index (κ2) is 9.30. The minimum absolute atomic E-state index is 0. The molecular weight excluding hydrogens is 365 g/mol. The number of rotatable bonds is 3. The molecule has 0 aliphatic heterocycles. The second-order valence-electron chi connectivity index (χ2n) is 5.63. The maximum atomic E-state index is 4.51. The summed E-state index contributed by atoms with van der Waals surface area (Å²) in [7, 11) is 0. The Hall–Kier alpha value is -1.04. The molecule has 1 aliphatic rings. The van der Waals surface area contributed by atoms with Crippen molar-refractivity contribution in [2.75, 3.05) is 0 Å². The van der Waals surface area contributed by atoms with Crippen LogP contribution in [0.1, 0.15) is 31.5 Å². The van der Waals surface area contributed by atoms with Crippen molar-refractivity contribution < 1.29 is 42.2 Å². The topological polar surface area (TPSA) is 12.9 Å². The number of nitrogens with zero attached hydrogens (tertiary/aromatic N) is 1. The third-order valence-electron chi connectivity index (χ3n) is 3.94. The van der Waals surface area contributed by atoms with Crippen molar-refractivity contribution in [3.8, 4) is 0 Å². The van der Waals surface area contributed by atoms with Crippen molar-refractivity contribution in [1.29, 1.82) is 0 Å². The molecule has 2 aromatic rings. The fourth-order valence-electron chi connectivity index (χ4n) is 2.57. The minimum atomic E-state index is -0.0751. The first-order chi connectivity index (χ1) is 9.68. The number of hydrogen-bond acceptors (Lipinski definition) is 1. The predicted octanol–water partition coefficient (Wildman–Crippen LogP) is -1.42. The summed E-state index contributed by atoms with van der Waals surface area (Å²) in [6, 6.07) is 16.5. The average Bonchev–Trinajstić information content (AvgIpc) is 3.00. The van der Waals surface area contributed by atoms with Crippen LogP contribution in [0.25, 0.3) is 5.57 Å². The van der Waals surface area contributed by atoms with Crippen LogP contribution in [0.5, 0.6) is 0 Å². The smallest absolute Gasteiger partial charge is 1.00 e. The maximum Gasteiger partial charge on any atom is 3.00 e. The van der Waals surface area contributed by atoms with Crippen LogP contribution in [0, 0.1) is 6.08 Å². The molecule has 1 nitrogen and oxygen atoms in total. The molecule has 0 saturated carbocycles. The molecule has 4 heteroatoms. The fourth-order valence-corrected chi connectivity index (χ4v) is 2.57. The Bertz CT molecular complexity index is 664. The van der Waals surface area contributed by atoms with E-state index in [9.17, 15) is 0 Å². The Kier molecular flexibility index (Phi) is 8.89. The van der Waals surface area contributed by atoms with Crippen LogP contribution in [0.15, 0.2) is 66.4 Å². The minimum Gasteiger partial charge on any atom is -1.00 e. The number of hydrogen-bond donors (Lipinski definition) is 0. The molecule has 1 aromatic heterocycles. The van der Waals surface area contributed by atoms with Gasteiger partial charge in [0.1, 0.15) is 0 Å². The number of pyridine rings is 1. The van der Waals surface area contributed by atoms with Crippen LogP contribution in [0.4, 0.5) is 0 Å². The average molecular weight is 383 g/mol. The van der Waals surface area contributed by atoms with Crippen LogP contribution in [0.2, 0.25) is 0 Å². The van der Waals surface area contributed by atoms with Crippen molar-refractivity contribution in [3.63, 3.8) is 0 Å². The summed E-state index contributed by atoms with van der Waals surface area (Å²) < 4.78 is 0. The summed E-state index contributed by atoms with van der Waals surface area (Å²) in [5, 5.41) is 0. The molecule has 1 aliphatic carbocycles. The van der Waals surface area contributed by atoms with Crippen molar-refractivity contribution in [2.24, 2.45) is 0 Å². The summed E-state index contributed by atoms with van der Waals surface area (Å²) in [6.45, 7) is 4.44. The zero-order valence-electron chi connectivity index (χ0n) is 13.1. The molecule has 0 bridgehead atoms. The largest absolute Gasteiger partial charge is 3.00 e. The van der Waals surface area contributed by atoms with Gasteiger partial charge in [0.15, 0.2) is 0 Å². The maximum absolute atomic E-state index is 4.51. The van der Waals surface area contributed by atoms with E-state index in [1.54, 1.807) is 0 Å². The van der Waals surface area contributed by atoms with Gasteiger partial charge in [0.05, 0.1) is 0 Å². The van der Waals surface area contributed by atoms with Gasteiger partial charge in [-0.3, -0.25) is 4.98 Å². The molecule has 23 heavy (non-hydrogen) atoms. The van der Waals surface area contributed by atoms with Gasteiger partial charge in [-0.05, 0) is 12.1 Å². The van der Waals surface area contributed by atoms with Crippen LogP contribution in [-0.2, 0) is 22.8 Å². The second-order valence-corrected chi connectivity index (χ2v) is 5.63. The summed E-state index contributed by atoms with van der Waals surface area (Å²) in [5.74, 6) is 0. The van der Waals surface area contributed by atoms with Crippen LogP contribution in [0.3, 0.4) is 0 Å². The van der Waals surface area contributed by atoms with E-state index in [0.29, 0.717) is 0 Å². The van der Waals surface area contributed by atoms with E-state index in [-0.39, 0.29) is 47.6 Å². The van der Waals surface area contributed by atoms with E-state index in [1.807, 2.05) is 24.4 Å². The monoisotopic (exact) mass is 382 g/mol. The number of allylic oxidation sites excluding steroid dienone is 4. The Morgan fingerprint density at radius 1 is 0.957 bits per heavy atom. The molecule has 0 saturated heterocycles. The first-order valence-corrected chi connectivity index (χ1v) is 6.98. The Morgan fingerprint density at radius 3 is 2.22 bits per heavy atom. The molecule has 0 unspecified atom stereocenters. The first-order valence-electron chi connectivity index (χ1n) is 6.98. The predicted molar refractivity (Wildman–Crippen MR) is 83.1 cm³/mol. The van der Waals surface area contributed by atoms with Gasteiger partial charge in [-0.2, -0.15) is 17.7 Å². The molecule has 119 valence electrons. The summed E-state index contributed by atoms with van der Waals surface area (Å²) in [4.78, 5) is 4.51. The first kappa shape index (κ1) is 22.0. The van der Waals surface area contributed by atoms with E-state index in [1.165, 1.54) is 16.7 Å². The van der Waals surface area contributed by atoms with E-state index >= 15 is 0 Å². The van der Waals surface area contributed by atoms with Gasteiger partial charge in [-0.1, -0.05) is 44.5 Å². The van der Waals surface area contributed by atoms with Gasteiger partial charge in [0, 0.05) is 17.3 Å². The molecule has 1 aromatic carbocycles. The molecule has 3 rings (SSSR count). The molecule has 0 atom stereocenters. The third-order valence-corrected chi connectivity index (χ3v) is 3.94. The van der Waals surface area contributed by atoms with E-state index in [2.05, 4.69) is 61.3 Å². The Balaban J connectivity index is 0.00000161. The van der Waals surface area contributed by atoms with Gasteiger partial charge >= 0.3 is 17.4 Å². The fraction of sp³-hybridized carbons (Fsp3) is 0.211. The third kappa shape index (κ3) is 4.72. The van der Waals surface area contributed by atoms with E-state index < -0.39 is 0 Å². The number of halogens is 2. The van der Waals surface area contributed by atoms with Gasteiger partial charge in [-0.15, -0.1) is 23.3 Å². The van der Waals surface area contributed by atoms with Gasteiger partial charge < -0.3 is 24.8 Å². The summed E-state index contributed by atoms with van der Waals surface area (Å²) in [6.07, 6.45) is 8.65. The van der Waals surface area contributed by atoms with Crippen LogP contribution < -0.4 is 24.8 Å². The van der Waals surface area contributed by atoms with Gasteiger partial charge in [-0.25, -0.2) is 0 Å². The van der Waals surface area contributed by atoms with Crippen molar-refractivity contribution >= 4 is 5.57 Å². The standard InChI is InChI=1S/C19H18N.2ClH.Cr/c1-19(2,18-10-6-7-13-20-18)17-12-11-16(14-17)15-8-4-3-5-9-15;;;/h3-11,13H,12H2,1-2H3;2*1H;/q-1;;;+3/p-2. The molecular formula is C19H18Cl2CrN. The van der Waals surface area contributed by atoms with Crippen molar-refractivity contribution in [3.05, 3.63) is 83.7 Å². The SMILES string of the molecule is CC(C)(C1=[C-]C(c2ccccc2)=CC1)c1ccccn1.[Cl-].[Cl-].[Cr+3]. The van der Waals surface area contributed by atoms with Gasteiger partial charge in [0.2, 0.25) is 0 Å². The van der Waals surface area contributed by atoms with E-state index in [4.69, 9.17) is 0 Å². The zero-order chi connectivity index (χ0) is 14.0. The zero-order valence-corrected chi connectivity index (χ0v) is 15.9. The molecule has 0 fully saturated rings. The Labute approximate surface area is 161 Å². The van der Waals surface area contributed by atoms with Crippen LogP contribution >= 0.6 is 0 Å².